The molecule has 3 rings (SSSR count). The molecule has 8 nitrogen and oxygen atoms in total. The summed E-state index contributed by atoms with van der Waals surface area (Å²) >= 11 is 3.41. The van der Waals surface area contributed by atoms with Crippen LogP contribution in [-0.2, 0) is 11.2 Å². The molecule has 1 unspecified atom stereocenters. The van der Waals surface area contributed by atoms with Gasteiger partial charge in [0.1, 0.15) is 11.3 Å². The van der Waals surface area contributed by atoms with Crippen LogP contribution in [0.2, 0.25) is 0 Å². The van der Waals surface area contributed by atoms with Gasteiger partial charge in [-0.3, -0.25) is 9.89 Å². The van der Waals surface area contributed by atoms with Crippen LogP contribution in [0.5, 0.6) is 0 Å². The molecule has 0 saturated heterocycles. The van der Waals surface area contributed by atoms with E-state index in [0.29, 0.717) is 22.3 Å². The number of aromatic amines is 1. The Hall–Kier alpha value is -3.07. The summed E-state index contributed by atoms with van der Waals surface area (Å²) in [7, 11) is 0. The predicted molar refractivity (Wildman–Crippen MR) is 120 cm³/mol. The van der Waals surface area contributed by atoms with Gasteiger partial charge >= 0.3 is 6.09 Å². The van der Waals surface area contributed by atoms with E-state index >= 15 is 0 Å². The summed E-state index contributed by atoms with van der Waals surface area (Å²) in [5, 5.41) is 12.4. The number of amides is 2. The minimum Gasteiger partial charge on any atom is -0.448 e. The third-order valence-corrected chi connectivity index (χ3v) is 4.80. The molecule has 0 bridgehead atoms. The fraction of sp³-hybridized carbons (Fsp3) is 0.318. The summed E-state index contributed by atoms with van der Waals surface area (Å²) in [6.45, 7) is 5.58. The average molecular weight is 489 g/mol. The zero-order chi connectivity index (χ0) is 22.4. The van der Waals surface area contributed by atoms with E-state index in [9.17, 15) is 9.59 Å². The number of rotatable bonds is 7. The first kappa shape index (κ1) is 22.6. The van der Waals surface area contributed by atoms with Gasteiger partial charge in [-0.1, -0.05) is 30.3 Å². The number of nitrogens with one attached hydrogen (secondary N) is 3. The Morgan fingerprint density at radius 1 is 1.23 bits per heavy atom. The van der Waals surface area contributed by atoms with Gasteiger partial charge in [-0.2, -0.15) is 5.10 Å². The van der Waals surface area contributed by atoms with E-state index in [4.69, 9.17) is 9.15 Å². The van der Waals surface area contributed by atoms with Crippen LogP contribution in [0.3, 0.4) is 0 Å². The second-order valence-corrected chi connectivity index (χ2v) is 8.86. The first-order valence-electron chi connectivity index (χ1n) is 9.82. The Balaban J connectivity index is 1.70. The highest BCUT2D eigenvalue weighted by Gasteiger charge is 2.22. The lowest BCUT2D eigenvalue weighted by molar-refractivity contribution is 0.0519. The third-order valence-electron chi connectivity index (χ3n) is 4.21. The quantitative estimate of drug-likeness (QED) is 0.459. The summed E-state index contributed by atoms with van der Waals surface area (Å²) < 4.78 is 11.6. The summed E-state index contributed by atoms with van der Waals surface area (Å²) in [5.41, 5.74) is 1.07. The van der Waals surface area contributed by atoms with Crippen LogP contribution in [0.1, 0.15) is 36.9 Å². The Labute approximate surface area is 188 Å². The topological polar surface area (TPSA) is 109 Å². The first-order chi connectivity index (χ1) is 14.7. The molecule has 0 aliphatic rings. The molecule has 9 heteroatoms. The fourth-order valence-corrected chi connectivity index (χ4v) is 3.40. The molecule has 164 valence electrons. The van der Waals surface area contributed by atoms with E-state index in [1.807, 2.05) is 30.3 Å². The highest BCUT2D eigenvalue weighted by Crippen LogP contribution is 2.30. The van der Waals surface area contributed by atoms with Crippen LogP contribution in [0.25, 0.3) is 11.5 Å². The van der Waals surface area contributed by atoms with Crippen molar-refractivity contribution in [1.82, 2.24) is 20.8 Å². The maximum Gasteiger partial charge on any atom is 0.407 e. The van der Waals surface area contributed by atoms with Crippen molar-refractivity contribution in [3.8, 4) is 11.5 Å². The number of H-pyrrole nitrogens is 1. The van der Waals surface area contributed by atoms with Crippen molar-refractivity contribution in [2.75, 3.05) is 6.54 Å². The number of furan rings is 1. The van der Waals surface area contributed by atoms with Crippen molar-refractivity contribution in [1.29, 1.82) is 0 Å². The number of benzene rings is 1. The molecule has 31 heavy (non-hydrogen) atoms. The van der Waals surface area contributed by atoms with E-state index in [1.54, 1.807) is 39.1 Å². The summed E-state index contributed by atoms with van der Waals surface area (Å²) in [6.07, 6.45) is 1.59. The molecule has 3 N–H and O–H groups in total. The SMILES string of the molecule is CC(C)(C)OC(=O)NCC(Cc1ccccc1)NC(=O)c1cc(Br)c(-c2ccn[nH]2)o1. The van der Waals surface area contributed by atoms with Crippen LogP contribution in [0, 0.1) is 0 Å². The number of halogens is 1. The van der Waals surface area contributed by atoms with E-state index in [-0.39, 0.29) is 18.3 Å². The lowest BCUT2D eigenvalue weighted by Crippen LogP contribution is -2.46. The van der Waals surface area contributed by atoms with Crippen molar-refractivity contribution >= 4 is 27.9 Å². The molecule has 0 aliphatic carbocycles. The molecule has 0 spiro atoms. The van der Waals surface area contributed by atoms with Crippen LogP contribution in [-0.4, -0.2) is 40.4 Å². The van der Waals surface area contributed by atoms with Gasteiger partial charge in [0, 0.05) is 18.8 Å². The zero-order valence-corrected chi connectivity index (χ0v) is 19.2. The maximum atomic E-state index is 12.9. The van der Waals surface area contributed by atoms with Crippen molar-refractivity contribution in [2.24, 2.45) is 0 Å². The predicted octanol–water partition coefficient (Wildman–Crippen LogP) is 4.30. The minimum absolute atomic E-state index is 0.145. The number of nitrogens with zero attached hydrogens (tertiary/aromatic N) is 1. The summed E-state index contributed by atoms with van der Waals surface area (Å²) in [5.74, 6) is 0.235. The van der Waals surface area contributed by atoms with E-state index in [2.05, 4.69) is 36.8 Å². The molecule has 0 radical (unpaired) electrons. The average Bonchev–Trinajstić information content (AvgIpc) is 3.35. The molecular formula is C22H25BrN4O4. The van der Waals surface area contributed by atoms with E-state index in [0.717, 1.165) is 5.56 Å². The lowest BCUT2D eigenvalue weighted by Gasteiger charge is -2.22. The molecule has 0 saturated carbocycles. The number of carbonyl (C=O) groups is 2. The standard InChI is InChI=1S/C22H25BrN4O4/c1-22(2,3)31-21(29)24-13-15(11-14-7-5-4-6-8-14)26-20(28)18-12-16(23)19(30-18)17-9-10-25-27-17/h4-10,12,15H,11,13H2,1-3H3,(H,24,29)(H,25,27)(H,26,28). The van der Waals surface area contributed by atoms with Gasteiger partial charge in [-0.15, -0.1) is 0 Å². The highest BCUT2D eigenvalue weighted by molar-refractivity contribution is 9.10. The van der Waals surface area contributed by atoms with Gasteiger partial charge in [-0.25, -0.2) is 4.79 Å². The first-order valence-corrected chi connectivity index (χ1v) is 10.6. The minimum atomic E-state index is -0.605. The lowest BCUT2D eigenvalue weighted by atomic mass is 10.1. The van der Waals surface area contributed by atoms with Crippen LogP contribution in [0.15, 0.2) is 57.6 Å². The largest absolute Gasteiger partial charge is 0.448 e. The Kier molecular flexibility index (Phi) is 7.17. The summed E-state index contributed by atoms with van der Waals surface area (Å²) in [4.78, 5) is 24.9. The van der Waals surface area contributed by atoms with Crippen molar-refractivity contribution < 1.29 is 18.7 Å². The molecule has 1 aromatic carbocycles. The number of alkyl carbamates (subject to hydrolysis) is 1. The second-order valence-electron chi connectivity index (χ2n) is 8.00. The number of hydrogen-bond acceptors (Lipinski definition) is 5. The summed E-state index contributed by atoms with van der Waals surface area (Å²) in [6, 6.07) is 12.7. The van der Waals surface area contributed by atoms with Crippen LogP contribution < -0.4 is 10.6 Å². The highest BCUT2D eigenvalue weighted by atomic mass is 79.9. The smallest absolute Gasteiger partial charge is 0.407 e. The molecule has 0 fully saturated rings. The van der Waals surface area contributed by atoms with Gasteiger partial charge < -0.3 is 19.8 Å². The monoisotopic (exact) mass is 488 g/mol. The van der Waals surface area contributed by atoms with Crippen LogP contribution in [0.4, 0.5) is 4.79 Å². The van der Waals surface area contributed by atoms with Gasteiger partial charge in [0.15, 0.2) is 11.5 Å². The molecule has 2 heterocycles. The fourth-order valence-electron chi connectivity index (χ4n) is 2.90. The molecule has 2 amide bonds. The normalized spacial score (nSPS) is 12.3. The number of carbonyl (C=O) groups excluding carboxylic acids is 2. The van der Waals surface area contributed by atoms with Gasteiger partial charge in [0.2, 0.25) is 0 Å². The van der Waals surface area contributed by atoms with Crippen molar-refractivity contribution in [3.05, 3.63) is 64.5 Å². The van der Waals surface area contributed by atoms with Gasteiger partial charge in [0.25, 0.3) is 5.91 Å². The van der Waals surface area contributed by atoms with Crippen molar-refractivity contribution in [2.45, 2.75) is 38.8 Å². The third kappa shape index (κ3) is 6.71. The number of ether oxygens (including phenoxy) is 1. The zero-order valence-electron chi connectivity index (χ0n) is 17.6. The molecule has 2 aromatic heterocycles. The molecule has 3 aromatic rings. The number of hydrogen-bond donors (Lipinski definition) is 3. The Morgan fingerprint density at radius 3 is 2.61 bits per heavy atom. The maximum absolute atomic E-state index is 12.9. The van der Waals surface area contributed by atoms with Gasteiger partial charge in [0.05, 0.1) is 10.5 Å². The molecule has 0 aliphatic heterocycles. The van der Waals surface area contributed by atoms with E-state index in [1.165, 1.54) is 0 Å². The van der Waals surface area contributed by atoms with E-state index < -0.39 is 17.6 Å². The molecular weight excluding hydrogens is 464 g/mol. The van der Waals surface area contributed by atoms with Crippen molar-refractivity contribution in [3.63, 3.8) is 0 Å². The van der Waals surface area contributed by atoms with Crippen LogP contribution >= 0.6 is 15.9 Å². The Morgan fingerprint density at radius 2 is 1.97 bits per heavy atom. The Bertz CT molecular complexity index is 1010. The molecule has 1 atom stereocenters. The number of aromatic nitrogens is 2. The van der Waals surface area contributed by atoms with Gasteiger partial charge in [-0.05, 0) is 54.8 Å². The second kappa shape index (κ2) is 9.82.